The summed E-state index contributed by atoms with van der Waals surface area (Å²) in [5.41, 5.74) is 0.169. The molecule has 43 heavy (non-hydrogen) atoms. The summed E-state index contributed by atoms with van der Waals surface area (Å²) in [6, 6.07) is 2.39. The Labute approximate surface area is 255 Å². The molecule has 2 aromatic heterocycles. The van der Waals surface area contributed by atoms with Crippen molar-refractivity contribution in [2.45, 2.75) is 58.5 Å². The van der Waals surface area contributed by atoms with Gasteiger partial charge in [0.25, 0.3) is 5.91 Å². The number of alkyl halides is 3. The number of ether oxygens (including phenoxy) is 3. The molecule has 4 rings (SSSR count). The van der Waals surface area contributed by atoms with Crippen LogP contribution < -0.4 is 10.1 Å². The molecule has 1 aliphatic heterocycles. The molecule has 0 saturated carbocycles. The average Bonchev–Trinajstić information content (AvgIpc) is 3.37. The number of aryl methyl sites for hydroxylation is 1. The number of thiazole rings is 1. The van der Waals surface area contributed by atoms with Gasteiger partial charge in [-0.1, -0.05) is 11.6 Å². The quantitative estimate of drug-likeness (QED) is 0.330. The predicted molar refractivity (Wildman–Crippen MR) is 153 cm³/mol. The fraction of sp³-hybridized carbons (Fsp3) is 0.464. The Kier molecular flexibility index (Phi) is 9.82. The summed E-state index contributed by atoms with van der Waals surface area (Å²) >= 11 is 8.07. The first-order valence-electron chi connectivity index (χ1n) is 13.3. The van der Waals surface area contributed by atoms with Crippen LogP contribution >= 0.6 is 22.9 Å². The summed E-state index contributed by atoms with van der Waals surface area (Å²) in [7, 11) is 0. The van der Waals surface area contributed by atoms with Crippen LogP contribution in [0.15, 0.2) is 30.7 Å². The molecule has 1 saturated heterocycles. The van der Waals surface area contributed by atoms with E-state index in [1.54, 1.807) is 44.9 Å². The van der Waals surface area contributed by atoms with Gasteiger partial charge in [-0.3, -0.25) is 4.79 Å². The molecule has 2 atom stereocenters. The monoisotopic (exact) mass is 641 g/mol. The number of hydrogen-bond donors (Lipinski definition) is 1. The average molecular weight is 642 g/mol. The molecule has 15 heteroatoms. The lowest BCUT2D eigenvalue weighted by Gasteiger charge is -2.34. The summed E-state index contributed by atoms with van der Waals surface area (Å²) in [5.74, 6) is -1.56. The second-order valence-corrected chi connectivity index (χ2v) is 12.5. The summed E-state index contributed by atoms with van der Waals surface area (Å²) in [4.78, 5) is 39.5. The van der Waals surface area contributed by atoms with Crippen molar-refractivity contribution in [2.24, 2.45) is 0 Å². The van der Waals surface area contributed by atoms with E-state index in [9.17, 15) is 22.8 Å². The molecule has 1 aromatic carbocycles. The van der Waals surface area contributed by atoms with Gasteiger partial charge in [0.1, 0.15) is 29.1 Å². The van der Waals surface area contributed by atoms with Crippen LogP contribution in [0.5, 0.6) is 5.75 Å². The zero-order valence-corrected chi connectivity index (χ0v) is 25.7. The Morgan fingerprint density at radius 1 is 1.19 bits per heavy atom. The smallest absolute Gasteiger partial charge is 0.451 e. The van der Waals surface area contributed by atoms with Gasteiger partial charge in [-0.15, -0.1) is 11.3 Å². The van der Waals surface area contributed by atoms with Gasteiger partial charge in [0.05, 0.1) is 29.8 Å². The van der Waals surface area contributed by atoms with E-state index in [4.69, 9.17) is 25.8 Å². The number of nitrogens with zero attached hydrogens (tertiary/aromatic N) is 4. The van der Waals surface area contributed by atoms with Gasteiger partial charge < -0.3 is 24.4 Å². The summed E-state index contributed by atoms with van der Waals surface area (Å²) in [6.07, 6.45) is -1.88. The second kappa shape index (κ2) is 13.0. The number of rotatable bonds is 7. The number of morpholine rings is 1. The fourth-order valence-electron chi connectivity index (χ4n) is 4.05. The van der Waals surface area contributed by atoms with Crippen LogP contribution in [-0.2, 0) is 15.7 Å². The van der Waals surface area contributed by atoms with Crippen molar-refractivity contribution >= 4 is 34.9 Å². The van der Waals surface area contributed by atoms with Gasteiger partial charge >= 0.3 is 12.3 Å². The highest BCUT2D eigenvalue weighted by molar-refractivity contribution is 7.15. The van der Waals surface area contributed by atoms with Crippen molar-refractivity contribution in [3.63, 3.8) is 0 Å². The van der Waals surface area contributed by atoms with Crippen molar-refractivity contribution in [3.05, 3.63) is 57.6 Å². The maximum absolute atomic E-state index is 13.4. The normalized spacial score (nSPS) is 16.5. The number of halogens is 4. The Bertz CT molecular complexity index is 1460. The van der Waals surface area contributed by atoms with Crippen molar-refractivity contribution in [1.29, 1.82) is 0 Å². The lowest BCUT2D eigenvalue weighted by atomic mass is 10.1. The molecule has 232 valence electrons. The Hall–Kier alpha value is -3.49. The highest BCUT2D eigenvalue weighted by Crippen LogP contribution is 2.37. The molecule has 1 fully saturated rings. The van der Waals surface area contributed by atoms with Crippen LogP contribution in [0.1, 0.15) is 60.4 Å². The first kappa shape index (κ1) is 32.4. The maximum Gasteiger partial charge on any atom is 0.451 e. The molecule has 1 aliphatic rings. The van der Waals surface area contributed by atoms with Gasteiger partial charge in [0.15, 0.2) is 0 Å². The minimum atomic E-state index is -4.68. The van der Waals surface area contributed by atoms with Crippen LogP contribution in [0, 0.1) is 6.92 Å². The number of carbonyl (C=O) groups is 2. The summed E-state index contributed by atoms with van der Waals surface area (Å²) < 4.78 is 55.8. The van der Waals surface area contributed by atoms with E-state index >= 15 is 0 Å². The summed E-state index contributed by atoms with van der Waals surface area (Å²) in [5, 5.41) is 3.42. The van der Waals surface area contributed by atoms with Crippen molar-refractivity contribution in [1.82, 2.24) is 25.2 Å². The zero-order valence-electron chi connectivity index (χ0n) is 24.1. The van der Waals surface area contributed by atoms with Gasteiger partial charge in [0.2, 0.25) is 5.82 Å². The molecule has 3 heterocycles. The van der Waals surface area contributed by atoms with Gasteiger partial charge in [0, 0.05) is 41.1 Å². The van der Waals surface area contributed by atoms with Crippen LogP contribution in [0.25, 0.3) is 10.6 Å². The molecule has 0 unspecified atom stereocenters. The van der Waals surface area contributed by atoms with Gasteiger partial charge in [-0.2, -0.15) is 13.2 Å². The van der Waals surface area contributed by atoms with E-state index in [0.717, 1.165) is 17.3 Å². The lowest BCUT2D eigenvalue weighted by Crippen LogP contribution is -2.49. The standard InChI is InChI=1S/C28H31ClF3N5O5S/c1-15-10-33-24(43-15)21-9-18(41-14-19-13-37(6-7-40-19)26(39)42-27(3,4)5)8-20(22(21)29)23(38)36-16(2)17-11-34-25(35-12-17)28(30,31)32/h8-12,16,19H,6-7,13-14H2,1-5H3,(H,36,38)/t16-,19-/m1/s1. The molecule has 10 nitrogen and oxygen atoms in total. The van der Waals surface area contributed by atoms with E-state index in [0.29, 0.717) is 29.5 Å². The Morgan fingerprint density at radius 3 is 2.49 bits per heavy atom. The Balaban J connectivity index is 1.53. The van der Waals surface area contributed by atoms with Gasteiger partial charge in [-0.25, -0.2) is 19.7 Å². The van der Waals surface area contributed by atoms with Crippen LogP contribution in [0.4, 0.5) is 18.0 Å². The van der Waals surface area contributed by atoms with Crippen LogP contribution in [0.2, 0.25) is 5.02 Å². The number of amides is 2. The third-order valence-electron chi connectivity index (χ3n) is 6.14. The second-order valence-electron chi connectivity index (χ2n) is 10.9. The van der Waals surface area contributed by atoms with Crippen LogP contribution in [-0.4, -0.2) is 69.9 Å². The van der Waals surface area contributed by atoms with E-state index < -0.39 is 41.7 Å². The third-order valence-corrected chi connectivity index (χ3v) is 7.50. The van der Waals surface area contributed by atoms with Crippen LogP contribution in [0.3, 0.4) is 0 Å². The first-order valence-corrected chi connectivity index (χ1v) is 14.5. The molecule has 0 spiro atoms. The highest BCUT2D eigenvalue weighted by atomic mass is 35.5. The Morgan fingerprint density at radius 2 is 1.88 bits per heavy atom. The molecule has 0 aliphatic carbocycles. The zero-order chi connectivity index (χ0) is 31.5. The third kappa shape index (κ3) is 8.54. The van der Waals surface area contributed by atoms with Gasteiger partial charge in [-0.05, 0) is 46.8 Å². The molecule has 0 bridgehead atoms. The van der Waals surface area contributed by atoms with Crippen molar-refractivity contribution in [3.8, 4) is 16.3 Å². The number of aromatic nitrogens is 3. The maximum atomic E-state index is 13.4. The number of nitrogens with one attached hydrogen (secondary N) is 1. The highest BCUT2D eigenvalue weighted by Gasteiger charge is 2.34. The predicted octanol–water partition coefficient (Wildman–Crippen LogP) is 6.09. The SMILES string of the molecule is Cc1cnc(-c2cc(OC[C@H]3CN(C(=O)OC(C)(C)C)CCO3)cc(C(=O)N[C@H](C)c3cnc(C(F)(F)F)nc3)c2Cl)s1. The topological polar surface area (TPSA) is 116 Å². The van der Waals surface area contributed by atoms with Crippen molar-refractivity contribution < 1.29 is 37.0 Å². The molecule has 1 N–H and O–H groups in total. The molecule has 3 aromatic rings. The number of benzene rings is 1. The minimum Gasteiger partial charge on any atom is -0.491 e. The number of hydrogen-bond acceptors (Lipinski definition) is 9. The molecular weight excluding hydrogens is 611 g/mol. The van der Waals surface area contributed by atoms with Crippen molar-refractivity contribution in [2.75, 3.05) is 26.3 Å². The van der Waals surface area contributed by atoms with E-state index in [2.05, 4.69) is 20.3 Å². The molecule has 2 amide bonds. The van der Waals surface area contributed by atoms with E-state index in [1.165, 1.54) is 17.4 Å². The molecular formula is C28H31ClF3N5O5S. The lowest BCUT2D eigenvalue weighted by molar-refractivity contribution is -0.145. The number of carbonyl (C=O) groups excluding carboxylic acids is 2. The van der Waals surface area contributed by atoms with E-state index in [1.807, 2.05) is 6.92 Å². The van der Waals surface area contributed by atoms with E-state index in [-0.39, 0.29) is 29.3 Å². The minimum absolute atomic E-state index is 0.0671. The largest absolute Gasteiger partial charge is 0.491 e. The molecule has 0 radical (unpaired) electrons. The first-order chi connectivity index (χ1) is 20.1. The fourth-order valence-corrected chi connectivity index (χ4v) is 5.18. The summed E-state index contributed by atoms with van der Waals surface area (Å²) in [6.45, 7) is 9.84.